The quantitative estimate of drug-likeness (QED) is 0.604. The van der Waals surface area contributed by atoms with Gasteiger partial charge in [0.1, 0.15) is 5.75 Å². The van der Waals surface area contributed by atoms with Gasteiger partial charge < -0.3 is 9.47 Å². The number of carbonyl (C=O) groups is 1. The molecule has 0 radical (unpaired) electrons. The number of rotatable bonds is 7. The van der Waals surface area contributed by atoms with Crippen LogP contribution in [0.4, 0.5) is 5.13 Å². The molecular formula is C22H23N3O3S. The number of nitrogens with zero attached hydrogens (tertiary/aromatic N) is 2. The summed E-state index contributed by atoms with van der Waals surface area (Å²) < 4.78 is 15.8. The van der Waals surface area contributed by atoms with Gasteiger partial charge in [-0.05, 0) is 30.5 Å². The number of nitrogens with one attached hydrogen (secondary N) is 1. The number of benzene rings is 2. The largest absolute Gasteiger partial charge is 0.497 e. The van der Waals surface area contributed by atoms with Gasteiger partial charge in [-0.3, -0.25) is 10.1 Å². The number of hydrogen-bond acceptors (Lipinski definition) is 6. The van der Waals surface area contributed by atoms with Gasteiger partial charge in [-0.25, -0.2) is 0 Å². The van der Waals surface area contributed by atoms with Crippen LogP contribution in [0.3, 0.4) is 0 Å². The molecule has 0 bridgehead atoms. The van der Waals surface area contributed by atoms with E-state index in [1.807, 2.05) is 54.6 Å². The molecule has 1 heterocycles. The smallest absolute Gasteiger partial charge is 0.259 e. The van der Waals surface area contributed by atoms with Crippen molar-refractivity contribution >= 4 is 22.6 Å². The van der Waals surface area contributed by atoms with Crippen LogP contribution in [0, 0.1) is 0 Å². The fraction of sp³-hybridized carbons (Fsp3) is 0.318. The first kappa shape index (κ1) is 19.5. The lowest BCUT2D eigenvalue weighted by atomic mass is 10.1. The van der Waals surface area contributed by atoms with Gasteiger partial charge in [0.25, 0.3) is 5.91 Å². The van der Waals surface area contributed by atoms with Crippen LogP contribution in [0.2, 0.25) is 0 Å². The minimum Gasteiger partial charge on any atom is -0.497 e. The third kappa shape index (κ3) is 4.81. The molecule has 0 spiro atoms. The molecule has 1 fully saturated rings. The van der Waals surface area contributed by atoms with Crippen LogP contribution in [-0.4, -0.2) is 28.5 Å². The summed E-state index contributed by atoms with van der Waals surface area (Å²) in [5.74, 6) is 1.06. The second kappa shape index (κ2) is 9.15. The summed E-state index contributed by atoms with van der Waals surface area (Å²) >= 11 is 1.15. The van der Waals surface area contributed by atoms with Crippen LogP contribution < -0.4 is 10.1 Å². The van der Waals surface area contributed by atoms with E-state index in [1.165, 1.54) is 0 Å². The lowest BCUT2D eigenvalue weighted by Crippen LogP contribution is -2.26. The maximum absolute atomic E-state index is 13.0. The summed E-state index contributed by atoms with van der Waals surface area (Å²) in [4.78, 5) is 17.5. The zero-order chi connectivity index (χ0) is 20.1. The summed E-state index contributed by atoms with van der Waals surface area (Å²) in [6.45, 7) is 0. The predicted octanol–water partition coefficient (Wildman–Crippen LogP) is 4.85. The highest BCUT2D eigenvalue weighted by Crippen LogP contribution is 2.30. The van der Waals surface area contributed by atoms with Crippen LogP contribution in [-0.2, 0) is 9.53 Å². The lowest BCUT2D eigenvalue weighted by molar-refractivity contribution is -0.131. The average Bonchev–Trinajstić information content (AvgIpc) is 3.45. The molecule has 1 aliphatic carbocycles. The van der Waals surface area contributed by atoms with Gasteiger partial charge in [-0.1, -0.05) is 55.3 Å². The highest BCUT2D eigenvalue weighted by molar-refractivity contribution is 7.10. The van der Waals surface area contributed by atoms with Crippen molar-refractivity contribution in [2.24, 2.45) is 0 Å². The van der Waals surface area contributed by atoms with E-state index in [-0.39, 0.29) is 12.0 Å². The number of aromatic nitrogens is 2. The van der Waals surface area contributed by atoms with Gasteiger partial charge in [0.05, 0.1) is 13.2 Å². The number of amides is 1. The van der Waals surface area contributed by atoms with Gasteiger partial charge in [0.2, 0.25) is 5.13 Å². The molecule has 4 rings (SSSR count). The number of carbonyl (C=O) groups excluding carboxylic acids is 1. The fourth-order valence-corrected chi connectivity index (χ4v) is 4.05. The molecule has 1 saturated carbocycles. The Morgan fingerprint density at radius 1 is 1.14 bits per heavy atom. The molecule has 1 aromatic heterocycles. The van der Waals surface area contributed by atoms with Crippen molar-refractivity contribution in [1.29, 1.82) is 0 Å². The number of anilines is 1. The Bertz CT molecular complexity index is 955. The van der Waals surface area contributed by atoms with E-state index in [0.717, 1.165) is 54.1 Å². The molecule has 0 aliphatic heterocycles. The zero-order valence-electron chi connectivity index (χ0n) is 16.2. The normalized spacial score (nSPS) is 15.2. The Balaban J connectivity index is 1.50. The molecule has 29 heavy (non-hydrogen) atoms. The minimum absolute atomic E-state index is 0.118. The van der Waals surface area contributed by atoms with Crippen LogP contribution >= 0.6 is 11.5 Å². The van der Waals surface area contributed by atoms with Crippen molar-refractivity contribution in [3.8, 4) is 17.1 Å². The third-order valence-corrected chi connectivity index (χ3v) is 5.59. The van der Waals surface area contributed by atoms with Gasteiger partial charge in [0, 0.05) is 17.1 Å². The van der Waals surface area contributed by atoms with Gasteiger partial charge >= 0.3 is 0 Å². The number of hydrogen-bond donors (Lipinski definition) is 1. The van der Waals surface area contributed by atoms with Crippen LogP contribution in [0.25, 0.3) is 11.4 Å². The van der Waals surface area contributed by atoms with Crippen LogP contribution in [0.5, 0.6) is 5.75 Å². The second-order valence-electron chi connectivity index (χ2n) is 6.98. The summed E-state index contributed by atoms with van der Waals surface area (Å²) in [5.41, 5.74) is 1.68. The highest BCUT2D eigenvalue weighted by Gasteiger charge is 2.28. The maximum atomic E-state index is 13.0. The van der Waals surface area contributed by atoms with Gasteiger partial charge in [0.15, 0.2) is 11.9 Å². The Kier molecular flexibility index (Phi) is 6.17. The molecule has 7 heteroatoms. The van der Waals surface area contributed by atoms with E-state index in [2.05, 4.69) is 14.7 Å². The first-order valence-electron chi connectivity index (χ1n) is 9.72. The Morgan fingerprint density at radius 2 is 1.93 bits per heavy atom. The van der Waals surface area contributed by atoms with Crippen molar-refractivity contribution in [2.45, 2.75) is 37.9 Å². The molecule has 1 N–H and O–H groups in total. The Hall–Kier alpha value is -2.77. The van der Waals surface area contributed by atoms with Crippen molar-refractivity contribution < 1.29 is 14.3 Å². The van der Waals surface area contributed by atoms with E-state index in [0.29, 0.717) is 11.0 Å². The van der Waals surface area contributed by atoms with Gasteiger partial charge in [-0.2, -0.15) is 9.36 Å². The summed E-state index contributed by atoms with van der Waals surface area (Å²) in [7, 11) is 1.62. The standard InChI is InChI=1S/C22H23N3O3S/c1-27-18-13-7-10-16(14-18)20-23-22(29-25-20)24-21(26)19(15-8-3-2-4-9-15)28-17-11-5-6-12-17/h2-4,7-10,13-14,17,19H,5-6,11-12H2,1H3,(H,23,24,25,26). The molecule has 1 unspecified atom stereocenters. The topological polar surface area (TPSA) is 73.3 Å². The van der Waals surface area contributed by atoms with E-state index in [9.17, 15) is 4.79 Å². The Labute approximate surface area is 174 Å². The van der Waals surface area contributed by atoms with Crippen molar-refractivity contribution in [3.05, 3.63) is 60.2 Å². The van der Waals surface area contributed by atoms with E-state index < -0.39 is 6.10 Å². The zero-order valence-corrected chi connectivity index (χ0v) is 17.0. The first-order valence-corrected chi connectivity index (χ1v) is 10.5. The molecule has 1 amide bonds. The molecule has 2 aromatic carbocycles. The Morgan fingerprint density at radius 3 is 2.69 bits per heavy atom. The molecule has 0 saturated heterocycles. The van der Waals surface area contributed by atoms with Crippen molar-refractivity contribution in [1.82, 2.24) is 9.36 Å². The van der Waals surface area contributed by atoms with Crippen molar-refractivity contribution in [2.75, 3.05) is 12.4 Å². The highest BCUT2D eigenvalue weighted by atomic mass is 32.1. The fourth-order valence-electron chi connectivity index (χ4n) is 3.46. The van der Waals surface area contributed by atoms with Crippen LogP contribution in [0.1, 0.15) is 37.4 Å². The molecule has 3 aromatic rings. The third-order valence-electron chi connectivity index (χ3n) is 4.96. The summed E-state index contributed by atoms with van der Waals surface area (Å²) in [6, 6.07) is 17.1. The van der Waals surface area contributed by atoms with Crippen LogP contribution in [0.15, 0.2) is 54.6 Å². The maximum Gasteiger partial charge on any atom is 0.259 e. The molecule has 1 atom stereocenters. The average molecular weight is 410 g/mol. The van der Waals surface area contributed by atoms with E-state index >= 15 is 0 Å². The van der Waals surface area contributed by atoms with Crippen molar-refractivity contribution in [3.63, 3.8) is 0 Å². The molecular weight excluding hydrogens is 386 g/mol. The lowest BCUT2D eigenvalue weighted by Gasteiger charge is -2.21. The monoisotopic (exact) mass is 409 g/mol. The first-order chi connectivity index (χ1) is 14.2. The second-order valence-corrected chi connectivity index (χ2v) is 7.73. The van der Waals surface area contributed by atoms with E-state index in [1.54, 1.807) is 7.11 Å². The predicted molar refractivity (Wildman–Crippen MR) is 113 cm³/mol. The number of methoxy groups -OCH3 is 1. The summed E-state index contributed by atoms with van der Waals surface area (Å²) in [5, 5.41) is 3.33. The number of ether oxygens (including phenoxy) is 2. The molecule has 6 nitrogen and oxygen atoms in total. The molecule has 1 aliphatic rings. The minimum atomic E-state index is -0.663. The van der Waals surface area contributed by atoms with Gasteiger partial charge in [-0.15, -0.1) is 0 Å². The summed E-state index contributed by atoms with van der Waals surface area (Å²) in [6.07, 6.45) is 3.74. The van der Waals surface area contributed by atoms with E-state index in [4.69, 9.17) is 9.47 Å². The SMILES string of the molecule is COc1cccc(-c2nsc(NC(=O)C(OC3CCCC3)c3ccccc3)n2)c1. The molecule has 150 valence electrons.